The molecule has 1 aliphatic carbocycles. The smallest absolute Gasteiger partial charge is 0.225 e. The number of nitrogens with zero attached hydrogens (tertiary/aromatic N) is 1. The summed E-state index contributed by atoms with van der Waals surface area (Å²) in [6, 6.07) is 6.69. The van der Waals surface area contributed by atoms with Crippen molar-refractivity contribution in [3.63, 3.8) is 0 Å². The molecule has 0 saturated carbocycles. The van der Waals surface area contributed by atoms with Crippen molar-refractivity contribution in [2.45, 2.75) is 25.2 Å². The van der Waals surface area contributed by atoms with E-state index in [1.54, 1.807) is 0 Å². The molecular weight excluding hydrogens is 219 g/mol. The quantitative estimate of drug-likeness (QED) is 0.822. The van der Waals surface area contributed by atoms with Crippen LogP contribution in [0.15, 0.2) is 28.8 Å². The lowest BCUT2D eigenvalue weighted by Gasteiger charge is -2.21. The third-order valence-corrected chi connectivity index (χ3v) is 3.42. The molecule has 1 atom stereocenters. The SMILES string of the molecule is Nc1onc2c1CCC(c1ccc(F)cc1)C2. The molecule has 0 fully saturated rings. The minimum atomic E-state index is -0.198. The number of hydrogen-bond acceptors (Lipinski definition) is 3. The van der Waals surface area contributed by atoms with Crippen LogP contribution in [0.4, 0.5) is 10.3 Å². The summed E-state index contributed by atoms with van der Waals surface area (Å²) in [7, 11) is 0. The zero-order valence-corrected chi connectivity index (χ0v) is 9.32. The van der Waals surface area contributed by atoms with E-state index in [1.165, 1.54) is 12.1 Å². The van der Waals surface area contributed by atoms with E-state index in [1.807, 2.05) is 12.1 Å². The van der Waals surface area contributed by atoms with Gasteiger partial charge in [0, 0.05) is 12.0 Å². The molecule has 2 aromatic rings. The second-order valence-electron chi connectivity index (χ2n) is 4.46. The Bertz CT molecular complexity index is 533. The summed E-state index contributed by atoms with van der Waals surface area (Å²) in [4.78, 5) is 0. The Morgan fingerprint density at radius 2 is 2.06 bits per heavy atom. The number of halogens is 1. The molecule has 0 spiro atoms. The maximum Gasteiger partial charge on any atom is 0.225 e. The third-order valence-electron chi connectivity index (χ3n) is 3.42. The Balaban J connectivity index is 1.86. The highest BCUT2D eigenvalue weighted by atomic mass is 19.1. The van der Waals surface area contributed by atoms with Crippen LogP contribution >= 0.6 is 0 Å². The second-order valence-corrected chi connectivity index (χ2v) is 4.46. The lowest BCUT2D eigenvalue weighted by molar-refractivity contribution is 0.424. The van der Waals surface area contributed by atoms with Gasteiger partial charge in [0.25, 0.3) is 0 Å². The monoisotopic (exact) mass is 232 g/mol. The standard InChI is InChI=1S/C13H13FN2O/c14-10-4-1-8(2-5-10)9-3-6-11-12(7-9)16-17-13(11)15/h1-2,4-5,9H,3,6-7,15H2. The molecule has 1 unspecified atom stereocenters. The van der Waals surface area contributed by atoms with Crippen molar-refractivity contribution in [2.75, 3.05) is 5.73 Å². The van der Waals surface area contributed by atoms with Crippen LogP contribution in [-0.2, 0) is 12.8 Å². The van der Waals surface area contributed by atoms with Gasteiger partial charge in [0.15, 0.2) is 0 Å². The van der Waals surface area contributed by atoms with Gasteiger partial charge in [0.05, 0.1) is 5.69 Å². The van der Waals surface area contributed by atoms with Gasteiger partial charge >= 0.3 is 0 Å². The van der Waals surface area contributed by atoms with Gasteiger partial charge in [-0.3, -0.25) is 0 Å². The first-order valence-electron chi connectivity index (χ1n) is 5.72. The molecule has 0 radical (unpaired) electrons. The maximum absolute atomic E-state index is 12.9. The van der Waals surface area contributed by atoms with Gasteiger partial charge in [0.2, 0.25) is 5.88 Å². The molecule has 1 aliphatic rings. The molecule has 3 nitrogen and oxygen atoms in total. The van der Waals surface area contributed by atoms with Gasteiger partial charge in [0.1, 0.15) is 5.82 Å². The molecule has 1 aromatic carbocycles. The van der Waals surface area contributed by atoms with E-state index in [0.717, 1.165) is 36.1 Å². The minimum absolute atomic E-state index is 0.198. The van der Waals surface area contributed by atoms with Gasteiger partial charge in [-0.05, 0) is 36.5 Å². The van der Waals surface area contributed by atoms with E-state index in [2.05, 4.69) is 5.16 Å². The van der Waals surface area contributed by atoms with E-state index in [0.29, 0.717) is 11.8 Å². The summed E-state index contributed by atoms with van der Waals surface area (Å²) in [5.41, 5.74) is 8.83. The van der Waals surface area contributed by atoms with Crippen molar-refractivity contribution >= 4 is 5.88 Å². The Labute approximate surface area is 98.4 Å². The van der Waals surface area contributed by atoms with Crippen molar-refractivity contribution in [1.82, 2.24) is 5.16 Å². The highest BCUT2D eigenvalue weighted by Crippen LogP contribution is 2.34. The fraction of sp³-hybridized carbons (Fsp3) is 0.308. The van der Waals surface area contributed by atoms with E-state index in [-0.39, 0.29) is 5.82 Å². The molecule has 88 valence electrons. The van der Waals surface area contributed by atoms with Crippen molar-refractivity contribution < 1.29 is 8.91 Å². The van der Waals surface area contributed by atoms with Crippen LogP contribution in [0.3, 0.4) is 0 Å². The maximum atomic E-state index is 12.9. The van der Waals surface area contributed by atoms with Crippen LogP contribution in [0.2, 0.25) is 0 Å². The zero-order chi connectivity index (χ0) is 11.8. The first-order valence-corrected chi connectivity index (χ1v) is 5.72. The van der Waals surface area contributed by atoms with Gasteiger partial charge in [-0.1, -0.05) is 17.3 Å². The van der Waals surface area contributed by atoms with E-state index in [4.69, 9.17) is 10.3 Å². The molecule has 4 heteroatoms. The van der Waals surface area contributed by atoms with E-state index < -0.39 is 0 Å². The summed E-state index contributed by atoms with van der Waals surface area (Å²) in [6.07, 6.45) is 2.71. The van der Waals surface area contributed by atoms with Crippen molar-refractivity contribution in [3.8, 4) is 0 Å². The molecular formula is C13H13FN2O. The van der Waals surface area contributed by atoms with Crippen LogP contribution < -0.4 is 5.73 Å². The number of hydrogen-bond donors (Lipinski definition) is 1. The fourth-order valence-electron chi connectivity index (χ4n) is 2.46. The highest BCUT2D eigenvalue weighted by Gasteiger charge is 2.25. The van der Waals surface area contributed by atoms with Crippen LogP contribution in [0.1, 0.15) is 29.2 Å². The van der Waals surface area contributed by atoms with Crippen molar-refractivity contribution in [1.29, 1.82) is 0 Å². The number of benzene rings is 1. The summed E-state index contributed by atoms with van der Waals surface area (Å²) in [6.45, 7) is 0. The van der Waals surface area contributed by atoms with E-state index >= 15 is 0 Å². The van der Waals surface area contributed by atoms with Gasteiger partial charge in [-0.2, -0.15) is 0 Å². The molecule has 0 bridgehead atoms. The summed E-state index contributed by atoms with van der Waals surface area (Å²) in [5.74, 6) is 0.626. The molecule has 1 heterocycles. The van der Waals surface area contributed by atoms with Crippen molar-refractivity contribution in [2.24, 2.45) is 0 Å². The average Bonchev–Trinajstić information content (AvgIpc) is 2.72. The number of rotatable bonds is 1. The fourth-order valence-corrected chi connectivity index (χ4v) is 2.46. The van der Waals surface area contributed by atoms with Crippen LogP contribution in [0.5, 0.6) is 0 Å². The van der Waals surface area contributed by atoms with Crippen molar-refractivity contribution in [3.05, 3.63) is 46.9 Å². The van der Waals surface area contributed by atoms with Gasteiger partial charge in [-0.25, -0.2) is 4.39 Å². The summed E-state index contributed by atoms with van der Waals surface area (Å²) >= 11 is 0. The largest absolute Gasteiger partial charge is 0.367 e. The lowest BCUT2D eigenvalue weighted by atomic mass is 9.83. The summed E-state index contributed by atoms with van der Waals surface area (Å²) in [5, 5.41) is 3.98. The number of aromatic nitrogens is 1. The van der Waals surface area contributed by atoms with Crippen LogP contribution in [0.25, 0.3) is 0 Å². The predicted molar refractivity (Wildman–Crippen MR) is 62.1 cm³/mol. The Kier molecular flexibility index (Phi) is 2.35. The molecule has 0 saturated heterocycles. The molecule has 0 amide bonds. The Hall–Kier alpha value is -1.84. The lowest BCUT2D eigenvalue weighted by Crippen LogP contribution is -2.12. The number of nitrogens with two attached hydrogens (primary N) is 1. The minimum Gasteiger partial charge on any atom is -0.367 e. The number of anilines is 1. The van der Waals surface area contributed by atoms with Gasteiger partial charge < -0.3 is 10.3 Å². The second kappa shape index (κ2) is 3.87. The highest BCUT2D eigenvalue weighted by molar-refractivity contribution is 5.42. The molecule has 0 aliphatic heterocycles. The summed E-state index contributed by atoms with van der Waals surface area (Å²) < 4.78 is 17.8. The molecule has 1 aromatic heterocycles. The number of nitrogen functional groups attached to an aromatic ring is 1. The van der Waals surface area contributed by atoms with E-state index in [9.17, 15) is 4.39 Å². The topological polar surface area (TPSA) is 52.0 Å². The van der Waals surface area contributed by atoms with Crippen LogP contribution in [-0.4, -0.2) is 5.16 Å². The Morgan fingerprint density at radius 3 is 2.82 bits per heavy atom. The predicted octanol–water partition coefficient (Wildman–Crippen LogP) is 2.67. The van der Waals surface area contributed by atoms with Crippen LogP contribution in [0, 0.1) is 5.82 Å². The first-order chi connectivity index (χ1) is 8.24. The molecule has 2 N–H and O–H groups in total. The molecule has 17 heavy (non-hydrogen) atoms. The number of fused-ring (bicyclic) bond motifs is 1. The van der Waals surface area contributed by atoms with Gasteiger partial charge in [-0.15, -0.1) is 0 Å². The normalized spacial score (nSPS) is 19.0. The Morgan fingerprint density at radius 1 is 1.29 bits per heavy atom. The zero-order valence-electron chi connectivity index (χ0n) is 9.32. The average molecular weight is 232 g/mol. The molecule has 3 rings (SSSR count). The third kappa shape index (κ3) is 1.79. The first kappa shape index (κ1) is 10.3.